The summed E-state index contributed by atoms with van der Waals surface area (Å²) in [6.07, 6.45) is 0.734. The van der Waals surface area contributed by atoms with Crippen LogP contribution in [0, 0.1) is 25.2 Å². The van der Waals surface area contributed by atoms with Crippen LogP contribution in [0.1, 0.15) is 37.7 Å². The van der Waals surface area contributed by atoms with E-state index in [1.807, 2.05) is 39.5 Å². The molecule has 0 aliphatic rings. The van der Waals surface area contributed by atoms with Crippen molar-refractivity contribution in [1.82, 2.24) is 14.7 Å². The van der Waals surface area contributed by atoms with E-state index in [9.17, 15) is 4.79 Å². The van der Waals surface area contributed by atoms with Gasteiger partial charge in [0.2, 0.25) is 5.91 Å². The fraction of sp³-hybridized carbons (Fsp3) is 0.750. The van der Waals surface area contributed by atoms with Crippen LogP contribution in [0.5, 0.6) is 0 Å². The number of carbonyl (C=O) groups is 1. The number of halogens is 2. The van der Waals surface area contributed by atoms with Gasteiger partial charge in [-0.1, -0.05) is 20.8 Å². The number of aryl methyl sites for hydroxylation is 2. The second kappa shape index (κ2) is 9.50. The average molecular weight is 367 g/mol. The monoisotopic (exact) mass is 366 g/mol. The van der Waals surface area contributed by atoms with Crippen molar-refractivity contribution in [2.45, 2.75) is 41.0 Å². The van der Waals surface area contributed by atoms with Crippen molar-refractivity contribution in [2.24, 2.45) is 24.1 Å². The highest BCUT2D eigenvalue weighted by molar-refractivity contribution is 5.85. The molecule has 1 rings (SSSR count). The fourth-order valence-electron chi connectivity index (χ4n) is 2.67. The molecule has 0 aliphatic heterocycles. The van der Waals surface area contributed by atoms with Gasteiger partial charge in [0.25, 0.3) is 0 Å². The molecule has 1 aromatic rings. The highest BCUT2D eigenvalue weighted by atomic mass is 35.5. The fourth-order valence-corrected chi connectivity index (χ4v) is 2.67. The quantitative estimate of drug-likeness (QED) is 0.840. The van der Waals surface area contributed by atoms with Crippen molar-refractivity contribution < 1.29 is 4.79 Å². The van der Waals surface area contributed by atoms with Crippen molar-refractivity contribution in [1.29, 1.82) is 0 Å². The molecule has 2 N–H and O–H groups in total. The summed E-state index contributed by atoms with van der Waals surface area (Å²) in [5.41, 5.74) is 9.03. The summed E-state index contributed by atoms with van der Waals surface area (Å²) < 4.78 is 1.88. The lowest BCUT2D eigenvalue weighted by molar-refractivity contribution is -0.134. The van der Waals surface area contributed by atoms with Crippen molar-refractivity contribution in [3.63, 3.8) is 0 Å². The second-order valence-electron chi connectivity index (χ2n) is 6.94. The van der Waals surface area contributed by atoms with Gasteiger partial charge in [0.1, 0.15) is 0 Å². The van der Waals surface area contributed by atoms with Crippen LogP contribution in [-0.4, -0.2) is 40.7 Å². The second-order valence-corrected chi connectivity index (χ2v) is 6.94. The lowest BCUT2D eigenvalue weighted by atomic mass is 9.92. The molecule has 1 amide bonds. The Bertz CT molecular complexity index is 514. The number of hydrogen-bond donors (Lipinski definition) is 1. The predicted molar refractivity (Wildman–Crippen MR) is 101 cm³/mol. The molecule has 0 bridgehead atoms. The van der Waals surface area contributed by atoms with Gasteiger partial charge in [0, 0.05) is 32.3 Å². The largest absolute Gasteiger partial charge is 0.345 e. The summed E-state index contributed by atoms with van der Waals surface area (Å²) >= 11 is 0. The van der Waals surface area contributed by atoms with Gasteiger partial charge in [-0.25, -0.2) is 0 Å². The summed E-state index contributed by atoms with van der Waals surface area (Å²) in [5, 5.41) is 4.42. The molecule has 0 saturated carbocycles. The lowest BCUT2D eigenvalue weighted by Crippen LogP contribution is -2.42. The van der Waals surface area contributed by atoms with Crippen molar-refractivity contribution in [3.05, 3.63) is 17.0 Å². The Balaban J connectivity index is 0. The van der Waals surface area contributed by atoms with Crippen molar-refractivity contribution >= 4 is 30.7 Å². The molecular formula is C16H32Cl2N4O. The molecule has 5 nitrogen and oxygen atoms in total. The van der Waals surface area contributed by atoms with Crippen LogP contribution in [0.2, 0.25) is 0 Å². The van der Waals surface area contributed by atoms with Crippen LogP contribution in [0.4, 0.5) is 0 Å². The zero-order valence-electron chi connectivity index (χ0n) is 15.3. The van der Waals surface area contributed by atoms with E-state index in [0.29, 0.717) is 13.1 Å². The molecule has 7 heteroatoms. The molecule has 136 valence electrons. The van der Waals surface area contributed by atoms with Gasteiger partial charge in [-0.3, -0.25) is 9.48 Å². The summed E-state index contributed by atoms with van der Waals surface area (Å²) in [6, 6.07) is 0. The van der Waals surface area contributed by atoms with Crippen LogP contribution < -0.4 is 5.73 Å². The van der Waals surface area contributed by atoms with Crippen LogP contribution in [0.15, 0.2) is 0 Å². The molecule has 1 aromatic heterocycles. The predicted octanol–water partition coefficient (Wildman–Crippen LogP) is 2.50. The summed E-state index contributed by atoms with van der Waals surface area (Å²) in [4.78, 5) is 14.3. The molecule has 0 aliphatic carbocycles. The SMILES string of the molecule is Cc1nn(C)c(C)c1CC(C)C(=O)N(C)CC(C)(C)CN.Cl.Cl. The number of hydrogen-bond acceptors (Lipinski definition) is 3. The molecule has 0 radical (unpaired) electrons. The maximum Gasteiger partial charge on any atom is 0.225 e. The van der Waals surface area contributed by atoms with Crippen LogP contribution in [0.25, 0.3) is 0 Å². The number of carbonyl (C=O) groups excluding carboxylic acids is 1. The molecular weight excluding hydrogens is 335 g/mol. The number of aromatic nitrogens is 2. The highest BCUT2D eigenvalue weighted by Crippen LogP contribution is 2.20. The third-order valence-electron chi connectivity index (χ3n) is 4.18. The molecule has 23 heavy (non-hydrogen) atoms. The highest BCUT2D eigenvalue weighted by Gasteiger charge is 2.25. The van der Waals surface area contributed by atoms with E-state index in [4.69, 9.17) is 5.73 Å². The van der Waals surface area contributed by atoms with E-state index in [0.717, 1.165) is 17.8 Å². The van der Waals surface area contributed by atoms with Crippen LogP contribution in [0.3, 0.4) is 0 Å². The summed E-state index contributed by atoms with van der Waals surface area (Å²) in [5.74, 6) is 0.115. The van der Waals surface area contributed by atoms with E-state index in [-0.39, 0.29) is 42.1 Å². The Kier molecular flexibility index (Phi) is 10.1. The van der Waals surface area contributed by atoms with Crippen LogP contribution in [-0.2, 0) is 18.3 Å². The Morgan fingerprint density at radius 3 is 2.26 bits per heavy atom. The topological polar surface area (TPSA) is 64.2 Å². The molecule has 0 fully saturated rings. The zero-order chi connectivity index (χ0) is 16.4. The molecule has 0 saturated heterocycles. The van der Waals surface area contributed by atoms with Gasteiger partial charge >= 0.3 is 0 Å². The first-order valence-electron chi connectivity index (χ1n) is 7.53. The first-order valence-corrected chi connectivity index (χ1v) is 7.53. The Hall–Kier alpha value is -0.780. The van der Waals surface area contributed by atoms with E-state index in [1.54, 1.807) is 4.90 Å². The minimum absolute atomic E-state index is 0. The van der Waals surface area contributed by atoms with Gasteiger partial charge in [-0.2, -0.15) is 5.10 Å². The maximum absolute atomic E-state index is 12.5. The third kappa shape index (κ3) is 6.32. The molecule has 1 atom stereocenters. The molecule has 0 spiro atoms. The Labute approximate surface area is 152 Å². The smallest absolute Gasteiger partial charge is 0.225 e. The van der Waals surface area contributed by atoms with Gasteiger partial charge in [0.05, 0.1) is 5.69 Å². The lowest BCUT2D eigenvalue weighted by Gasteiger charge is -2.30. The maximum atomic E-state index is 12.5. The average Bonchev–Trinajstić information content (AvgIpc) is 2.63. The van der Waals surface area contributed by atoms with E-state index in [1.165, 1.54) is 5.56 Å². The van der Waals surface area contributed by atoms with Gasteiger partial charge in [-0.05, 0) is 37.8 Å². The van der Waals surface area contributed by atoms with Crippen molar-refractivity contribution in [2.75, 3.05) is 20.1 Å². The Morgan fingerprint density at radius 1 is 1.35 bits per heavy atom. The Morgan fingerprint density at radius 2 is 1.87 bits per heavy atom. The first kappa shape index (κ1) is 24.5. The summed E-state index contributed by atoms with van der Waals surface area (Å²) in [6.45, 7) is 11.4. The van der Waals surface area contributed by atoms with E-state index < -0.39 is 0 Å². The van der Waals surface area contributed by atoms with Crippen LogP contribution >= 0.6 is 24.8 Å². The third-order valence-corrected chi connectivity index (χ3v) is 4.18. The minimum atomic E-state index is -0.0513. The summed E-state index contributed by atoms with van der Waals surface area (Å²) in [7, 11) is 3.80. The number of nitrogens with two attached hydrogens (primary N) is 1. The van der Waals surface area contributed by atoms with Gasteiger partial charge in [-0.15, -0.1) is 24.8 Å². The normalized spacial score (nSPS) is 12.2. The van der Waals surface area contributed by atoms with E-state index in [2.05, 4.69) is 18.9 Å². The zero-order valence-corrected chi connectivity index (χ0v) is 17.0. The number of rotatable bonds is 6. The minimum Gasteiger partial charge on any atom is -0.345 e. The number of amides is 1. The molecule has 1 unspecified atom stereocenters. The molecule has 1 heterocycles. The standard InChI is InChI=1S/C16H30N4O.2ClH/c1-11(8-14-12(2)18-20(7)13(14)3)15(21)19(6)10-16(4,5)9-17;;/h11H,8-10,17H2,1-7H3;2*1H. The van der Waals surface area contributed by atoms with Crippen molar-refractivity contribution in [3.8, 4) is 0 Å². The molecule has 0 aromatic carbocycles. The van der Waals surface area contributed by atoms with E-state index >= 15 is 0 Å². The van der Waals surface area contributed by atoms with Gasteiger partial charge < -0.3 is 10.6 Å². The van der Waals surface area contributed by atoms with Gasteiger partial charge in [0.15, 0.2) is 0 Å². The number of nitrogens with zero attached hydrogens (tertiary/aromatic N) is 3. The first-order chi connectivity index (χ1) is 9.59.